The third-order valence-corrected chi connectivity index (χ3v) is 2.86. The molecule has 4 nitrogen and oxygen atoms in total. The molecule has 19 heavy (non-hydrogen) atoms. The van der Waals surface area contributed by atoms with E-state index in [1.165, 1.54) is 12.7 Å². The molecule has 1 rings (SSSR count). The first-order valence-electron chi connectivity index (χ1n) is 6.30. The number of benzene rings is 1. The first-order valence-corrected chi connectivity index (χ1v) is 6.30. The summed E-state index contributed by atoms with van der Waals surface area (Å²) in [5.74, 6) is -0.507. The Hall–Kier alpha value is -1.84. The number of carbonyl (C=O) groups excluding carboxylic acids is 2. The minimum Gasteiger partial charge on any atom is -0.469 e. The van der Waals surface area contributed by atoms with Crippen LogP contribution in [-0.4, -0.2) is 25.5 Å². The Morgan fingerprint density at radius 3 is 2.21 bits per heavy atom. The molecule has 1 amide bonds. The summed E-state index contributed by atoms with van der Waals surface area (Å²) in [4.78, 5) is 22.7. The summed E-state index contributed by atoms with van der Waals surface area (Å²) < 4.78 is 4.50. The molecule has 0 aliphatic heterocycles. The largest absolute Gasteiger partial charge is 0.469 e. The summed E-state index contributed by atoms with van der Waals surface area (Å²) in [7, 11) is 1.33. The molecule has 0 spiro atoms. The van der Waals surface area contributed by atoms with Gasteiger partial charge in [0.15, 0.2) is 0 Å². The lowest BCUT2D eigenvalue weighted by Gasteiger charge is -2.19. The number of hydrogen-bond donors (Lipinski definition) is 1. The van der Waals surface area contributed by atoms with Crippen molar-refractivity contribution in [3.63, 3.8) is 0 Å². The van der Waals surface area contributed by atoms with Crippen LogP contribution in [0, 0.1) is 0 Å². The van der Waals surface area contributed by atoms with Gasteiger partial charge in [-0.3, -0.25) is 9.59 Å². The molecule has 0 heterocycles. The monoisotopic (exact) mass is 263 g/mol. The lowest BCUT2D eigenvalue weighted by molar-refractivity contribution is -0.140. The van der Waals surface area contributed by atoms with Gasteiger partial charge in [-0.05, 0) is 23.1 Å². The number of nitrogens with one attached hydrogen (secondary N) is 1. The smallest absolute Gasteiger partial charge is 0.307 e. The molecule has 4 heteroatoms. The molecule has 0 radical (unpaired) electrons. The first-order chi connectivity index (χ1) is 8.84. The molecule has 0 fully saturated rings. The van der Waals surface area contributed by atoms with Gasteiger partial charge >= 0.3 is 5.97 Å². The average Bonchev–Trinajstić information content (AvgIpc) is 2.37. The Morgan fingerprint density at radius 2 is 1.74 bits per heavy atom. The predicted octanol–water partition coefficient (Wildman–Crippen LogP) is 2.28. The Balaban J connectivity index is 2.56. The van der Waals surface area contributed by atoms with Gasteiger partial charge in [0, 0.05) is 12.1 Å². The van der Waals surface area contributed by atoms with Crippen LogP contribution in [0.2, 0.25) is 0 Å². The van der Waals surface area contributed by atoms with E-state index in [1.807, 2.05) is 12.1 Å². The lowest BCUT2D eigenvalue weighted by atomic mass is 9.87. The standard InChI is InChI=1S/C15H21NO3/c1-15(2,3)12-7-5-11(6-8-12)14(18)16-10-9-13(17)19-4/h5-8H,9-10H2,1-4H3,(H,16,18). The van der Waals surface area contributed by atoms with Crippen LogP contribution < -0.4 is 5.32 Å². The fourth-order valence-electron chi connectivity index (χ4n) is 1.60. The molecule has 1 N–H and O–H groups in total. The van der Waals surface area contributed by atoms with Crippen LogP contribution in [0.15, 0.2) is 24.3 Å². The molecule has 0 bridgehead atoms. The van der Waals surface area contributed by atoms with E-state index in [9.17, 15) is 9.59 Å². The van der Waals surface area contributed by atoms with Crippen LogP contribution in [0.5, 0.6) is 0 Å². The van der Waals surface area contributed by atoms with E-state index in [4.69, 9.17) is 0 Å². The minimum absolute atomic E-state index is 0.0693. The number of methoxy groups -OCH3 is 1. The minimum atomic E-state index is -0.330. The van der Waals surface area contributed by atoms with Crippen LogP contribution in [0.4, 0.5) is 0 Å². The third-order valence-electron chi connectivity index (χ3n) is 2.86. The normalized spacial score (nSPS) is 10.9. The van der Waals surface area contributed by atoms with E-state index in [2.05, 4.69) is 30.8 Å². The van der Waals surface area contributed by atoms with Crippen molar-refractivity contribution >= 4 is 11.9 Å². The SMILES string of the molecule is COC(=O)CCNC(=O)c1ccc(C(C)(C)C)cc1. The Morgan fingerprint density at radius 1 is 1.16 bits per heavy atom. The van der Waals surface area contributed by atoms with Crippen LogP contribution in [0.3, 0.4) is 0 Å². The molecular formula is C15H21NO3. The third kappa shape index (κ3) is 4.73. The van der Waals surface area contributed by atoms with Crippen molar-refractivity contribution in [2.24, 2.45) is 0 Å². The highest BCUT2D eigenvalue weighted by Gasteiger charge is 2.14. The van der Waals surface area contributed by atoms with Crippen molar-refractivity contribution in [3.8, 4) is 0 Å². The van der Waals surface area contributed by atoms with E-state index in [0.717, 1.165) is 0 Å². The van der Waals surface area contributed by atoms with Crippen LogP contribution >= 0.6 is 0 Å². The summed E-state index contributed by atoms with van der Waals surface area (Å²) in [5, 5.41) is 2.68. The van der Waals surface area contributed by atoms with Crippen molar-refractivity contribution in [3.05, 3.63) is 35.4 Å². The van der Waals surface area contributed by atoms with E-state index in [1.54, 1.807) is 12.1 Å². The molecule has 104 valence electrons. The van der Waals surface area contributed by atoms with Gasteiger partial charge < -0.3 is 10.1 Å². The average molecular weight is 263 g/mol. The molecule has 0 saturated carbocycles. The van der Waals surface area contributed by atoms with Crippen molar-refractivity contribution in [1.82, 2.24) is 5.32 Å². The number of amides is 1. The zero-order chi connectivity index (χ0) is 14.5. The van der Waals surface area contributed by atoms with Crippen molar-refractivity contribution in [2.75, 3.05) is 13.7 Å². The molecular weight excluding hydrogens is 242 g/mol. The van der Waals surface area contributed by atoms with Gasteiger partial charge in [0.1, 0.15) is 0 Å². The van der Waals surface area contributed by atoms with E-state index in [0.29, 0.717) is 5.56 Å². The summed E-state index contributed by atoms with van der Waals surface area (Å²) in [6, 6.07) is 7.51. The fraction of sp³-hybridized carbons (Fsp3) is 0.467. The lowest BCUT2D eigenvalue weighted by Crippen LogP contribution is -2.26. The van der Waals surface area contributed by atoms with E-state index >= 15 is 0 Å². The molecule has 0 atom stereocenters. The molecule has 0 aliphatic carbocycles. The number of hydrogen-bond acceptors (Lipinski definition) is 3. The van der Waals surface area contributed by atoms with Crippen LogP contribution in [0.25, 0.3) is 0 Å². The summed E-state index contributed by atoms with van der Waals surface area (Å²) in [6.07, 6.45) is 0.183. The van der Waals surface area contributed by atoms with Crippen LogP contribution in [-0.2, 0) is 14.9 Å². The van der Waals surface area contributed by atoms with Gasteiger partial charge in [-0.15, -0.1) is 0 Å². The molecule has 0 saturated heterocycles. The topological polar surface area (TPSA) is 55.4 Å². The van der Waals surface area contributed by atoms with Crippen LogP contribution in [0.1, 0.15) is 43.1 Å². The predicted molar refractivity (Wildman–Crippen MR) is 74.1 cm³/mol. The highest BCUT2D eigenvalue weighted by atomic mass is 16.5. The highest BCUT2D eigenvalue weighted by molar-refractivity contribution is 5.94. The zero-order valence-corrected chi connectivity index (χ0v) is 11.9. The maximum absolute atomic E-state index is 11.8. The number of rotatable bonds is 4. The quantitative estimate of drug-likeness (QED) is 0.848. The number of ether oxygens (including phenoxy) is 1. The Labute approximate surface area is 114 Å². The second-order valence-corrected chi connectivity index (χ2v) is 5.41. The molecule has 1 aromatic carbocycles. The number of esters is 1. The van der Waals surface area contributed by atoms with Gasteiger partial charge in [0.2, 0.25) is 0 Å². The van der Waals surface area contributed by atoms with Gasteiger partial charge in [-0.2, -0.15) is 0 Å². The van der Waals surface area contributed by atoms with Gasteiger partial charge in [0.05, 0.1) is 13.5 Å². The Kier molecular flexibility index (Phi) is 5.10. The Bertz CT molecular complexity index is 443. The van der Waals surface area contributed by atoms with Crippen molar-refractivity contribution < 1.29 is 14.3 Å². The first kappa shape index (κ1) is 15.2. The second-order valence-electron chi connectivity index (χ2n) is 5.41. The second kappa shape index (κ2) is 6.36. The molecule has 0 unspecified atom stereocenters. The maximum Gasteiger partial charge on any atom is 0.307 e. The maximum atomic E-state index is 11.8. The van der Waals surface area contributed by atoms with Gasteiger partial charge in [-0.1, -0.05) is 32.9 Å². The van der Waals surface area contributed by atoms with E-state index in [-0.39, 0.29) is 30.3 Å². The van der Waals surface area contributed by atoms with Gasteiger partial charge in [-0.25, -0.2) is 0 Å². The van der Waals surface area contributed by atoms with Crippen molar-refractivity contribution in [1.29, 1.82) is 0 Å². The highest BCUT2D eigenvalue weighted by Crippen LogP contribution is 2.22. The summed E-state index contributed by atoms with van der Waals surface area (Å²) in [5.41, 5.74) is 1.84. The van der Waals surface area contributed by atoms with Crippen molar-refractivity contribution in [2.45, 2.75) is 32.6 Å². The molecule has 0 aliphatic rings. The molecule has 1 aromatic rings. The van der Waals surface area contributed by atoms with Gasteiger partial charge in [0.25, 0.3) is 5.91 Å². The summed E-state index contributed by atoms with van der Waals surface area (Å²) >= 11 is 0. The van der Waals surface area contributed by atoms with E-state index < -0.39 is 0 Å². The summed E-state index contributed by atoms with van der Waals surface area (Å²) in [6.45, 7) is 6.65. The zero-order valence-electron chi connectivity index (χ0n) is 11.9. The fourth-order valence-corrected chi connectivity index (χ4v) is 1.60. The number of carbonyl (C=O) groups is 2. The molecule has 0 aromatic heterocycles.